The Bertz CT molecular complexity index is 685. The van der Waals surface area contributed by atoms with Crippen LogP contribution in [-0.4, -0.2) is 51.8 Å². The molecule has 0 saturated carbocycles. The molecule has 2 saturated heterocycles. The molecule has 2 fully saturated rings. The smallest absolute Gasteiger partial charge is 0.0534 e. The standard InChI is InChI=1S/C21H30N4/c1-3-25-16-18(14-22-25)15-24-11-9-21(10-12-24)13-20(17-23(21)2)19-7-5-4-6-8-19/h4-8,14,16,20H,3,9-13,15,17H2,1-2H3. The fourth-order valence-corrected chi connectivity index (χ4v) is 4.78. The SMILES string of the molecule is CCn1cc(CN2CCC3(CC2)CC(c2ccccc2)CN3C)cn1. The first-order chi connectivity index (χ1) is 12.2. The van der Waals surface area contributed by atoms with Crippen molar-refractivity contribution >= 4 is 0 Å². The van der Waals surface area contributed by atoms with Gasteiger partial charge < -0.3 is 0 Å². The quantitative estimate of drug-likeness (QED) is 0.854. The van der Waals surface area contributed by atoms with E-state index in [0.29, 0.717) is 11.5 Å². The van der Waals surface area contributed by atoms with Gasteiger partial charge in [-0.1, -0.05) is 30.3 Å². The summed E-state index contributed by atoms with van der Waals surface area (Å²) in [6.45, 7) is 7.73. The first kappa shape index (κ1) is 16.8. The molecule has 0 amide bonds. The topological polar surface area (TPSA) is 24.3 Å². The van der Waals surface area contributed by atoms with Crippen LogP contribution in [0.25, 0.3) is 0 Å². The Hall–Kier alpha value is -1.65. The van der Waals surface area contributed by atoms with Crippen molar-refractivity contribution in [3.63, 3.8) is 0 Å². The zero-order valence-electron chi connectivity index (χ0n) is 15.6. The molecule has 0 aliphatic carbocycles. The number of rotatable bonds is 4. The lowest BCUT2D eigenvalue weighted by molar-refractivity contribution is 0.0672. The summed E-state index contributed by atoms with van der Waals surface area (Å²) >= 11 is 0. The number of hydrogen-bond donors (Lipinski definition) is 0. The number of hydrogen-bond acceptors (Lipinski definition) is 3. The van der Waals surface area contributed by atoms with Gasteiger partial charge in [0.05, 0.1) is 6.20 Å². The Morgan fingerprint density at radius 1 is 1.16 bits per heavy atom. The normalized spacial score (nSPS) is 24.2. The van der Waals surface area contributed by atoms with Gasteiger partial charge in [0.1, 0.15) is 0 Å². The third-order valence-corrected chi connectivity index (χ3v) is 6.41. The number of nitrogens with zero attached hydrogens (tertiary/aromatic N) is 4. The average Bonchev–Trinajstić information content (AvgIpc) is 3.23. The number of benzene rings is 1. The summed E-state index contributed by atoms with van der Waals surface area (Å²) in [5.74, 6) is 0.695. The highest BCUT2D eigenvalue weighted by Crippen LogP contribution is 2.44. The van der Waals surface area contributed by atoms with Gasteiger partial charge in [0.25, 0.3) is 0 Å². The summed E-state index contributed by atoms with van der Waals surface area (Å²) < 4.78 is 2.02. The largest absolute Gasteiger partial charge is 0.300 e. The van der Waals surface area contributed by atoms with Crippen molar-refractivity contribution in [2.24, 2.45) is 0 Å². The van der Waals surface area contributed by atoms with Crippen LogP contribution in [0.4, 0.5) is 0 Å². The number of aromatic nitrogens is 2. The van der Waals surface area contributed by atoms with Crippen LogP contribution in [-0.2, 0) is 13.1 Å². The van der Waals surface area contributed by atoms with E-state index in [0.717, 1.165) is 13.1 Å². The molecule has 2 aliphatic rings. The van der Waals surface area contributed by atoms with Crippen LogP contribution in [0.3, 0.4) is 0 Å². The van der Waals surface area contributed by atoms with Crippen molar-refractivity contribution in [2.75, 3.05) is 26.7 Å². The van der Waals surface area contributed by atoms with E-state index in [9.17, 15) is 0 Å². The van der Waals surface area contributed by atoms with Gasteiger partial charge in [-0.2, -0.15) is 5.10 Å². The van der Waals surface area contributed by atoms with Gasteiger partial charge in [-0.25, -0.2) is 0 Å². The molecular weight excluding hydrogens is 308 g/mol. The van der Waals surface area contributed by atoms with Gasteiger partial charge in [-0.15, -0.1) is 0 Å². The first-order valence-corrected chi connectivity index (χ1v) is 9.68. The molecule has 2 aromatic rings. The molecule has 4 rings (SSSR count). The van der Waals surface area contributed by atoms with Crippen molar-refractivity contribution in [2.45, 2.75) is 50.7 Å². The van der Waals surface area contributed by atoms with E-state index in [-0.39, 0.29) is 0 Å². The molecule has 1 aromatic carbocycles. The Kier molecular flexibility index (Phi) is 4.65. The van der Waals surface area contributed by atoms with Crippen molar-refractivity contribution < 1.29 is 0 Å². The molecule has 0 bridgehead atoms. The minimum Gasteiger partial charge on any atom is -0.300 e. The third-order valence-electron chi connectivity index (χ3n) is 6.41. The molecule has 1 spiro atoms. The van der Waals surface area contributed by atoms with E-state index in [2.05, 4.69) is 65.4 Å². The highest BCUT2D eigenvalue weighted by atomic mass is 15.3. The van der Waals surface area contributed by atoms with Crippen LogP contribution in [0.5, 0.6) is 0 Å². The fraction of sp³-hybridized carbons (Fsp3) is 0.571. The van der Waals surface area contributed by atoms with E-state index < -0.39 is 0 Å². The molecule has 1 atom stereocenters. The number of likely N-dealkylation sites (N-methyl/N-ethyl adjacent to an activating group) is 1. The van der Waals surface area contributed by atoms with E-state index in [1.165, 1.54) is 50.0 Å². The van der Waals surface area contributed by atoms with Gasteiger partial charge >= 0.3 is 0 Å². The predicted octanol–water partition coefficient (Wildman–Crippen LogP) is 3.36. The van der Waals surface area contributed by atoms with Crippen LogP contribution in [0.1, 0.15) is 43.2 Å². The second-order valence-electron chi connectivity index (χ2n) is 7.90. The Morgan fingerprint density at radius 3 is 2.60 bits per heavy atom. The highest BCUT2D eigenvalue weighted by Gasteiger charge is 2.45. The van der Waals surface area contributed by atoms with E-state index in [1.54, 1.807) is 0 Å². The number of piperidine rings is 1. The minimum absolute atomic E-state index is 0.407. The summed E-state index contributed by atoms with van der Waals surface area (Å²) in [6, 6.07) is 11.1. The van der Waals surface area contributed by atoms with Crippen LogP contribution >= 0.6 is 0 Å². The lowest BCUT2D eigenvalue weighted by Gasteiger charge is -2.43. The highest BCUT2D eigenvalue weighted by molar-refractivity contribution is 5.23. The van der Waals surface area contributed by atoms with Crippen LogP contribution in [0, 0.1) is 0 Å². The van der Waals surface area contributed by atoms with E-state index in [4.69, 9.17) is 0 Å². The van der Waals surface area contributed by atoms with Gasteiger partial charge in [0.2, 0.25) is 0 Å². The second-order valence-corrected chi connectivity index (χ2v) is 7.90. The maximum Gasteiger partial charge on any atom is 0.0534 e. The van der Waals surface area contributed by atoms with Crippen molar-refractivity contribution in [3.05, 3.63) is 53.9 Å². The molecule has 4 nitrogen and oxygen atoms in total. The fourth-order valence-electron chi connectivity index (χ4n) is 4.78. The molecule has 4 heteroatoms. The van der Waals surface area contributed by atoms with E-state index >= 15 is 0 Å². The molecular formula is C21H30N4. The van der Waals surface area contributed by atoms with E-state index in [1.807, 2.05) is 10.9 Å². The van der Waals surface area contributed by atoms with Gasteiger partial charge in [0, 0.05) is 50.0 Å². The van der Waals surface area contributed by atoms with Crippen LogP contribution < -0.4 is 0 Å². The minimum atomic E-state index is 0.407. The maximum absolute atomic E-state index is 4.41. The van der Waals surface area contributed by atoms with Gasteiger partial charge in [-0.05, 0) is 44.7 Å². The summed E-state index contributed by atoms with van der Waals surface area (Å²) in [6.07, 6.45) is 8.11. The van der Waals surface area contributed by atoms with Crippen molar-refractivity contribution in [1.82, 2.24) is 19.6 Å². The monoisotopic (exact) mass is 338 g/mol. The summed E-state index contributed by atoms with van der Waals surface area (Å²) in [7, 11) is 2.34. The number of likely N-dealkylation sites (tertiary alicyclic amines) is 2. The summed E-state index contributed by atoms with van der Waals surface area (Å²) in [5, 5.41) is 4.41. The first-order valence-electron chi connectivity index (χ1n) is 9.68. The molecule has 25 heavy (non-hydrogen) atoms. The molecule has 0 radical (unpaired) electrons. The third kappa shape index (κ3) is 3.38. The average molecular weight is 338 g/mol. The second kappa shape index (κ2) is 6.93. The maximum atomic E-state index is 4.41. The van der Waals surface area contributed by atoms with Gasteiger partial charge in [-0.3, -0.25) is 14.5 Å². The summed E-state index contributed by atoms with van der Waals surface area (Å²) in [4.78, 5) is 5.25. The number of aryl methyl sites for hydroxylation is 1. The zero-order chi connectivity index (χ0) is 17.3. The lowest BCUT2D eigenvalue weighted by atomic mass is 9.81. The molecule has 1 unspecified atom stereocenters. The molecule has 1 aromatic heterocycles. The Balaban J connectivity index is 1.37. The zero-order valence-corrected chi connectivity index (χ0v) is 15.6. The Labute approximate surface area is 151 Å². The summed E-state index contributed by atoms with van der Waals surface area (Å²) in [5.41, 5.74) is 3.27. The Morgan fingerprint density at radius 2 is 1.92 bits per heavy atom. The molecule has 3 heterocycles. The molecule has 134 valence electrons. The van der Waals surface area contributed by atoms with Crippen LogP contribution in [0.2, 0.25) is 0 Å². The lowest BCUT2D eigenvalue weighted by Crippen LogP contribution is -2.50. The predicted molar refractivity (Wildman–Crippen MR) is 102 cm³/mol. The van der Waals surface area contributed by atoms with Crippen LogP contribution in [0.15, 0.2) is 42.7 Å². The molecule has 0 N–H and O–H groups in total. The van der Waals surface area contributed by atoms with Crippen molar-refractivity contribution in [1.29, 1.82) is 0 Å². The van der Waals surface area contributed by atoms with Crippen molar-refractivity contribution in [3.8, 4) is 0 Å². The molecule has 2 aliphatic heterocycles. The van der Waals surface area contributed by atoms with Gasteiger partial charge in [0.15, 0.2) is 0 Å².